The fourth-order valence-corrected chi connectivity index (χ4v) is 3.83. The minimum Gasteiger partial charge on any atom is -0.481 e. The summed E-state index contributed by atoms with van der Waals surface area (Å²) in [5.74, 6) is -1.39. The molecule has 2 N–H and O–H groups in total. The molecule has 3 atom stereocenters. The van der Waals surface area contributed by atoms with Crippen LogP contribution < -0.4 is 5.32 Å². The van der Waals surface area contributed by atoms with Crippen LogP contribution in [-0.2, 0) is 14.3 Å². The molecule has 2 fully saturated rings. The number of nitrogens with one attached hydrogen (secondary N) is 1. The van der Waals surface area contributed by atoms with Gasteiger partial charge in [-0.1, -0.05) is 45.4 Å². The maximum absolute atomic E-state index is 12.6. The molecule has 0 radical (unpaired) electrons. The lowest BCUT2D eigenvalue weighted by atomic mass is 9.94. The molecule has 2 rings (SSSR count). The second kappa shape index (κ2) is 9.26. The lowest BCUT2D eigenvalue weighted by Crippen LogP contribution is -2.48. The highest BCUT2D eigenvalue weighted by Gasteiger charge is 2.32. The zero-order chi connectivity index (χ0) is 16.7. The molecule has 23 heavy (non-hydrogen) atoms. The summed E-state index contributed by atoms with van der Waals surface area (Å²) >= 11 is 0. The molecule has 2 saturated carbocycles. The highest BCUT2D eigenvalue weighted by Crippen LogP contribution is 2.25. The molecule has 0 saturated heterocycles. The molecule has 0 aromatic carbocycles. The molecule has 132 valence electrons. The Hall–Kier alpha value is -1.10. The molecule has 1 amide bonds. The third-order valence-corrected chi connectivity index (χ3v) is 5.23. The molecular weight excluding hydrogens is 294 g/mol. The Labute approximate surface area is 139 Å². The number of rotatable bonds is 6. The molecule has 0 bridgehead atoms. The first kappa shape index (κ1) is 18.2. The van der Waals surface area contributed by atoms with E-state index in [1.165, 1.54) is 19.3 Å². The van der Waals surface area contributed by atoms with Crippen LogP contribution in [0.25, 0.3) is 0 Å². The summed E-state index contributed by atoms with van der Waals surface area (Å²) in [5.41, 5.74) is 0. The van der Waals surface area contributed by atoms with E-state index in [4.69, 9.17) is 4.74 Å². The molecule has 0 aromatic heterocycles. The summed E-state index contributed by atoms with van der Waals surface area (Å²) in [6.45, 7) is 1.95. The van der Waals surface area contributed by atoms with Crippen molar-refractivity contribution >= 4 is 11.9 Å². The van der Waals surface area contributed by atoms with E-state index in [1.807, 2.05) is 6.92 Å². The first-order chi connectivity index (χ1) is 11.1. The number of aliphatic carboxylic acids is 1. The van der Waals surface area contributed by atoms with E-state index in [1.54, 1.807) is 0 Å². The molecule has 0 aromatic rings. The highest BCUT2D eigenvalue weighted by molar-refractivity contribution is 5.82. The summed E-state index contributed by atoms with van der Waals surface area (Å²) in [4.78, 5) is 24.0. The van der Waals surface area contributed by atoms with Crippen LogP contribution in [0.3, 0.4) is 0 Å². The Balaban J connectivity index is 1.92. The maximum atomic E-state index is 12.6. The molecular formula is C18H31NO4. The van der Waals surface area contributed by atoms with Gasteiger partial charge in [-0.2, -0.15) is 0 Å². The van der Waals surface area contributed by atoms with Crippen molar-refractivity contribution in [2.45, 2.75) is 95.8 Å². The lowest BCUT2D eigenvalue weighted by Gasteiger charge is -2.29. The van der Waals surface area contributed by atoms with Gasteiger partial charge in [0.15, 0.2) is 0 Å². The van der Waals surface area contributed by atoms with Gasteiger partial charge >= 0.3 is 5.97 Å². The van der Waals surface area contributed by atoms with Crippen LogP contribution in [0.4, 0.5) is 0 Å². The Bertz CT molecular complexity index is 392. The van der Waals surface area contributed by atoms with Crippen molar-refractivity contribution < 1.29 is 19.4 Å². The summed E-state index contributed by atoms with van der Waals surface area (Å²) in [6.07, 6.45) is 10.4. The fraction of sp³-hybridized carbons (Fsp3) is 0.889. The van der Waals surface area contributed by atoms with Crippen LogP contribution in [0.2, 0.25) is 0 Å². The summed E-state index contributed by atoms with van der Waals surface area (Å²) in [7, 11) is 0. The Morgan fingerprint density at radius 1 is 1.04 bits per heavy atom. The minimum absolute atomic E-state index is 0.128. The summed E-state index contributed by atoms with van der Waals surface area (Å²) < 4.78 is 6.01. The second-order valence-corrected chi connectivity index (χ2v) is 6.99. The van der Waals surface area contributed by atoms with Crippen LogP contribution in [0.1, 0.15) is 77.6 Å². The predicted molar refractivity (Wildman–Crippen MR) is 88.2 cm³/mol. The number of carboxylic acid groups (broad SMARTS) is 1. The number of ether oxygens (including phenoxy) is 1. The van der Waals surface area contributed by atoms with Crippen molar-refractivity contribution in [3.05, 3.63) is 0 Å². The van der Waals surface area contributed by atoms with Gasteiger partial charge < -0.3 is 15.2 Å². The van der Waals surface area contributed by atoms with Gasteiger partial charge in [-0.15, -0.1) is 0 Å². The largest absolute Gasteiger partial charge is 0.481 e. The van der Waals surface area contributed by atoms with Gasteiger partial charge in [0.1, 0.15) is 6.10 Å². The molecule has 0 spiro atoms. The van der Waals surface area contributed by atoms with E-state index in [2.05, 4.69) is 5.32 Å². The summed E-state index contributed by atoms with van der Waals surface area (Å²) in [6, 6.07) is -0.258. The molecule has 1 unspecified atom stereocenters. The van der Waals surface area contributed by atoms with Gasteiger partial charge in [0.2, 0.25) is 5.91 Å². The van der Waals surface area contributed by atoms with Crippen molar-refractivity contribution in [1.82, 2.24) is 5.32 Å². The van der Waals surface area contributed by atoms with E-state index in [9.17, 15) is 14.7 Å². The maximum Gasteiger partial charge on any atom is 0.308 e. The number of carboxylic acids is 1. The highest BCUT2D eigenvalue weighted by atomic mass is 16.5. The number of hydrogen-bond donors (Lipinski definition) is 2. The minimum atomic E-state index is -0.793. The first-order valence-corrected chi connectivity index (χ1v) is 9.30. The molecule has 5 nitrogen and oxygen atoms in total. The smallest absolute Gasteiger partial charge is 0.308 e. The zero-order valence-electron chi connectivity index (χ0n) is 14.3. The Morgan fingerprint density at radius 3 is 2.26 bits per heavy atom. The number of amides is 1. The molecule has 2 aliphatic rings. The van der Waals surface area contributed by atoms with Crippen LogP contribution in [0.15, 0.2) is 0 Å². The average molecular weight is 325 g/mol. The van der Waals surface area contributed by atoms with Crippen LogP contribution in [-0.4, -0.2) is 35.2 Å². The van der Waals surface area contributed by atoms with Gasteiger partial charge in [0.05, 0.1) is 12.0 Å². The molecule has 0 aliphatic heterocycles. The lowest BCUT2D eigenvalue weighted by molar-refractivity contribution is -0.145. The molecule has 0 heterocycles. The van der Waals surface area contributed by atoms with Crippen LogP contribution in [0.5, 0.6) is 0 Å². The third kappa shape index (κ3) is 5.48. The van der Waals surface area contributed by atoms with Gasteiger partial charge in [-0.05, 0) is 32.1 Å². The number of hydrogen-bond acceptors (Lipinski definition) is 3. The quantitative estimate of drug-likeness (QED) is 0.735. The van der Waals surface area contributed by atoms with Crippen molar-refractivity contribution in [2.75, 3.05) is 0 Å². The SMILES string of the molecule is CCC(OC1CCCCC1)C(=O)N[C@H]1CCCCC[C@H]1C(=O)O. The number of carbonyl (C=O) groups excluding carboxylic acids is 1. The van der Waals surface area contributed by atoms with E-state index in [-0.39, 0.29) is 18.1 Å². The molecule has 5 heteroatoms. The number of carbonyl (C=O) groups is 2. The van der Waals surface area contributed by atoms with E-state index in [0.717, 1.165) is 38.5 Å². The fourth-order valence-electron chi connectivity index (χ4n) is 3.83. The Morgan fingerprint density at radius 2 is 1.65 bits per heavy atom. The van der Waals surface area contributed by atoms with E-state index >= 15 is 0 Å². The zero-order valence-corrected chi connectivity index (χ0v) is 14.3. The Kier molecular flexibility index (Phi) is 7.34. The van der Waals surface area contributed by atoms with Crippen molar-refractivity contribution in [3.8, 4) is 0 Å². The van der Waals surface area contributed by atoms with Crippen molar-refractivity contribution in [2.24, 2.45) is 5.92 Å². The topological polar surface area (TPSA) is 75.6 Å². The van der Waals surface area contributed by atoms with E-state index < -0.39 is 18.0 Å². The van der Waals surface area contributed by atoms with E-state index in [0.29, 0.717) is 12.8 Å². The standard InChI is InChI=1S/C18H31NO4/c1-2-16(23-13-9-5-3-6-10-13)17(20)19-15-12-8-4-7-11-14(15)18(21)22/h13-16H,2-12H2,1H3,(H,19,20)(H,21,22)/t14-,15+,16?/m1/s1. The van der Waals surface area contributed by atoms with Crippen LogP contribution in [0, 0.1) is 5.92 Å². The first-order valence-electron chi connectivity index (χ1n) is 9.30. The second-order valence-electron chi connectivity index (χ2n) is 6.99. The summed E-state index contributed by atoms with van der Waals surface area (Å²) in [5, 5.41) is 12.4. The third-order valence-electron chi connectivity index (χ3n) is 5.23. The van der Waals surface area contributed by atoms with Gasteiger partial charge in [0, 0.05) is 6.04 Å². The van der Waals surface area contributed by atoms with Crippen molar-refractivity contribution in [3.63, 3.8) is 0 Å². The molecule has 2 aliphatic carbocycles. The average Bonchev–Trinajstić information content (AvgIpc) is 2.79. The monoisotopic (exact) mass is 325 g/mol. The van der Waals surface area contributed by atoms with Crippen LogP contribution >= 0.6 is 0 Å². The normalized spacial score (nSPS) is 27.9. The predicted octanol–water partition coefficient (Wildman–Crippen LogP) is 3.26. The van der Waals surface area contributed by atoms with Crippen molar-refractivity contribution in [1.29, 1.82) is 0 Å². The van der Waals surface area contributed by atoms with Gasteiger partial charge in [0.25, 0.3) is 0 Å². The van der Waals surface area contributed by atoms with Gasteiger partial charge in [-0.25, -0.2) is 0 Å². The van der Waals surface area contributed by atoms with Gasteiger partial charge in [-0.3, -0.25) is 9.59 Å².